The van der Waals surface area contributed by atoms with E-state index in [9.17, 15) is 9.59 Å². The minimum Gasteiger partial charge on any atom is -0.351 e. The second-order valence-corrected chi connectivity index (χ2v) is 9.75. The topological polar surface area (TPSA) is 49.4 Å². The molecule has 4 nitrogen and oxygen atoms in total. The van der Waals surface area contributed by atoms with Gasteiger partial charge in [0.25, 0.3) is 0 Å². The van der Waals surface area contributed by atoms with Gasteiger partial charge in [-0.25, -0.2) is 0 Å². The molecule has 4 heteroatoms. The number of amides is 2. The van der Waals surface area contributed by atoms with E-state index in [1.54, 1.807) is 11.8 Å². The molecule has 1 aromatic carbocycles. The Kier molecular flexibility index (Phi) is 3.89. The van der Waals surface area contributed by atoms with Crippen LogP contribution >= 0.6 is 0 Å². The summed E-state index contributed by atoms with van der Waals surface area (Å²) in [7, 11) is 0. The van der Waals surface area contributed by atoms with Crippen molar-refractivity contribution >= 4 is 17.5 Å². The van der Waals surface area contributed by atoms with Crippen molar-refractivity contribution < 1.29 is 9.59 Å². The lowest BCUT2D eigenvalue weighted by Gasteiger charge is -2.59. The molecular formula is C23H30N2O2. The number of anilines is 1. The molecule has 0 aromatic heterocycles. The Balaban J connectivity index is 1.34. The molecule has 144 valence electrons. The number of carbonyl (C=O) groups excluding carboxylic acids is 2. The van der Waals surface area contributed by atoms with E-state index < -0.39 is 6.04 Å². The highest BCUT2D eigenvalue weighted by atomic mass is 16.2. The third-order valence-corrected chi connectivity index (χ3v) is 7.98. The van der Waals surface area contributed by atoms with E-state index in [0.717, 1.165) is 29.0 Å². The van der Waals surface area contributed by atoms with E-state index in [4.69, 9.17) is 0 Å². The van der Waals surface area contributed by atoms with Crippen LogP contribution in [-0.2, 0) is 16.0 Å². The molecule has 27 heavy (non-hydrogen) atoms. The van der Waals surface area contributed by atoms with Crippen molar-refractivity contribution in [1.29, 1.82) is 0 Å². The molecule has 1 aliphatic heterocycles. The molecule has 4 fully saturated rings. The van der Waals surface area contributed by atoms with Crippen molar-refractivity contribution in [2.24, 2.45) is 23.2 Å². The normalized spacial score (nSPS) is 37.2. The van der Waals surface area contributed by atoms with Crippen molar-refractivity contribution in [2.45, 2.75) is 70.9 Å². The maximum absolute atomic E-state index is 13.2. The Morgan fingerprint density at radius 2 is 1.67 bits per heavy atom. The first kappa shape index (κ1) is 17.3. The second kappa shape index (κ2) is 6.08. The number of hydrogen-bond acceptors (Lipinski definition) is 2. The standard InChI is InChI=1S/C23H30N2O2/c1-14(23-11-16-7-17(12-23)9-18(8-16)13-23)24-22(27)21-10-19-5-3-4-6-20(19)25(21)15(2)26/h3-6,14,16-18,21H,7-13H2,1-2H3,(H,24,27)/t14-,16?,17?,18?,21+,23?/m0/s1. The summed E-state index contributed by atoms with van der Waals surface area (Å²) < 4.78 is 0. The van der Waals surface area contributed by atoms with Gasteiger partial charge in [0.2, 0.25) is 11.8 Å². The molecule has 1 N–H and O–H groups in total. The van der Waals surface area contributed by atoms with Crippen molar-refractivity contribution in [3.63, 3.8) is 0 Å². The molecule has 0 unspecified atom stereocenters. The van der Waals surface area contributed by atoms with Gasteiger partial charge in [0.05, 0.1) is 0 Å². The Morgan fingerprint density at radius 1 is 1.07 bits per heavy atom. The van der Waals surface area contributed by atoms with Gasteiger partial charge in [0.15, 0.2) is 0 Å². The maximum Gasteiger partial charge on any atom is 0.243 e. The number of fused-ring (bicyclic) bond motifs is 1. The fraction of sp³-hybridized carbons (Fsp3) is 0.652. The first-order valence-corrected chi connectivity index (χ1v) is 10.6. The first-order valence-electron chi connectivity index (χ1n) is 10.6. The van der Waals surface area contributed by atoms with E-state index in [0.29, 0.717) is 6.42 Å². The minimum absolute atomic E-state index is 0.0182. The largest absolute Gasteiger partial charge is 0.351 e. The molecule has 1 aromatic rings. The van der Waals surface area contributed by atoms with Crippen molar-refractivity contribution in [3.05, 3.63) is 29.8 Å². The summed E-state index contributed by atoms with van der Waals surface area (Å²) in [5.41, 5.74) is 2.28. The van der Waals surface area contributed by atoms with E-state index in [-0.39, 0.29) is 23.3 Å². The van der Waals surface area contributed by atoms with Crippen LogP contribution in [0.25, 0.3) is 0 Å². The number of nitrogens with zero attached hydrogens (tertiary/aromatic N) is 1. The van der Waals surface area contributed by atoms with Gasteiger partial charge in [-0.3, -0.25) is 14.5 Å². The third-order valence-electron chi connectivity index (χ3n) is 7.98. The smallest absolute Gasteiger partial charge is 0.243 e. The summed E-state index contributed by atoms with van der Waals surface area (Å²) in [6.45, 7) is 3.77. The van der Waals surface area contributed by atoms with Gasteiger partial charge in [-0.15, -0.1) is 0 Å². The Labute approximate surface area is 161 Å². The van der Waals surface area contributed by atoms with Crippen LogP contribution in [0.2, 0.25) is 0 Å². The van der Waals surface area contributed by atoms with Crippen LogP contribution in [0.1, 0.15) is 57.9 Å². The summed E-state index contributed by atoms with van der Waals surface area (Å²) in [6.07, 6.45) is 8.70. The predicted octanol–water partition coefficient (Wildman–Crippen LogP) is 3.69. The van der Waals surface area contributed by atoms with E-state index in [2.05, 4.69) is 12.2 Å². The molecule has 2 atom stereocenters. The van der Waals surface area contributed by atoms with Gasteiger partial charge in [0, 0.05) is 25.1 Å². The quantitative estimate of drug-likeness (QED) is 0.887. The number of hydrogen-bond donors (Lipinski definition) is 1. The summed E-state index contributed by atoms with van der Waals surface area (Å²) in [6, 6.07) is 7.68. The third kappa shape index (κ3) is 2.71. The van der Waals surface area contributed by atoms with Gasteiger partial charge in [-0.2, -0.15) is 0 Å². The Morgan fingerprint density at radius 3 is 2.26 bits per heavy atom. The maximum atomic E-state index is 13.2. The predicted molar refractivity (Wildman–Crippen MR) is 105 cm³/mol. The van der Waals surface area contributed by atoms with Crippen LogP contribution in [0.5, 0.6) is 0 Å². The number of rotatable bonds is 3. The molecule has 1 heterocycles. The fourth-order valence-corrected chi connectivity index (χ4v) is 7.16. The van der Waals surface area contributed by atoms with Gasteiger partial charge in [-0.1, -0.05) is 18.2 Å². The fourth-order valence-electron chi connectivity index (χ4n) is 7.16. The van der Waals surface area contributed by atoms with Gasteiger partial charge >= 0.3 is 0 Å². The highest BCUT2D eigenvalue weighted by Gasteiger charge is 2.53. The first-order chi connectivity index (χ1) is 12.9. The van der Waals surface area contributed by atoms with Crippen LogP contribution in [0, 0.1) is 23.2 Å². The molecule has 4 aliphatic carbocycles. The van der Waals surface area contributed by atoms with Crippen LogP contribution < -0.4 is 10.2 Å². The van der Waals surface area contributed by atoms with Crippen molar-refractivity contribution in [2.75, 3.05) is 4.90 Å². The van der Waals surface area contributed by atoms with Crippen LogP contribution in [0.15, 0.2) is 24.3 Å². The minimum atomic E-state index is -0.406. The lowest BCUT2D eigenvalue weighted by atomic mass is 9.48. The molecule has 0 spiro atoms. The second-order valence-electron chi connectivity index (χ2n) is 9.75. The number of benzene rings is 1. The van der Waals surface area contributed by atoms with Crippen molar-refractivity contribution in [3.8, 4) is 0 Å². The van der Waals surface area contributed by atoms with E-state index >= 15 is 0 Å². The van der Waals surface area contributed by atoms with E-state index in [1.807, 2.05) is 24.3 Å². The summed E-state index contributed by atoms with van der Waals surface area (Å²) in [4.78, 5) is 27.2. The number of nitrogens with one attached hydrogen (secondary N) is 1. The zero-order valence-corrected chi connectivity index (χ0v) is 16.4. The number of carbonyl (C=O) groups is 2. The molecule has 0 saturated heterocycles. The average molecular weight is 367 g/mol. The Hall–Kier alpha value is -1.84. The summed E-state index contributed by atoms with van der Waals surface area (Å²) >= 11 is 0. The molecular weight excluding hydrogens is 336 g/mol. The van der Waals surface area contributed by atoms with E-state index in [1.165, 1.54) is 38.5 Å². The molecule has 4 bridgehead atoms. The van der Waals surface area contributed by atoms with Crippen LogP contribution in [0.4, 0.5) is 5.69 Å². The van der Waals surface area contributed by atoms with Crippen molar-refractivity contribution in [1.82, 2.24) is 5.32 Å². The molecule has 0 radical (unpaired) electrons. The lowest BCUT2D eigenvalue weighted by molar-refractivity contribution is -0.129. The molecule has 2 amide bonds. The van der Waals surface area contributed by atoms with Gasteiger partial charge in [0.1, 0.15) is 6.04 Å². The molecule has 5 aliphatic rings. The highest BCUT2D eigenvalue weighted by Crippen LogP contribution is 2.61. The van der Waals surface area contributed by atoms with Crippen LogP contribution in [-0.4, -0.2) is 23.9 Å². The molecule has 6 rings (SSSR count). The Bertz CT molecular complexity index is 751. The zero-order valence-electron chi connectivity index (χ0n) is 16.4. The SMILES string of the molecule is CC(=O)N1c2ccccc2C[C@@H]1C(=O)N[C@@H](C)C12CC3CC(CC(C3)C1)C2. The summed E-state index contributed by atoms with van der Waals surface area (Å²) in [5.74, 6) is 2.59. The average Bonchev–Trinajstić information content (AvgIpc) is 3.00. The van der Waals surface area contributed by atoms with Crippen LogP contribution in [0.3, 0.4) is 0 Å². The summed E-state index contributed by atoms with van der Waals surface area (Å²) in [5, 5.41) is 3.37. The van der Waals surface area contributed by atoms with Gasteiger partial charge in [-0.05, 0) is 80.2 Å². The molecule has 4 saturated carbocycles. The highest BCUT2D eigenvalue weighted by molar-refractivity contribution is 6.02. The van der Waals surface area contributed by atoms with Gasteiger partial charge < -0.3 is 5.32 Å². The zero-order chi connectivity index (χ0) is 18.8. The number of para-hydroxylation sites is 1. The monoisotopic (exact) mass is 366 g/mol. The lowest BCUT2D eigenvalue weighted by Crippen LogP contribution is -2.58.